The van der Waals surface area contributed by atoms with Crippen LogP contribution >= 0.6 is 11.8 Å². The van der Waals surface area contributed by atoms with Crippen molar-refractivity contribution in [1.29, 1.82) is 0 Å². The highest BCUT2D eigenvalue weighted by molar-refractivity contribution is 8.18. The van der Waals surface area contributed by atoms with Gasteiger partial charge in [0.1, 0.15) is 5.75 Å². The van der Waals surface area contributed by atoms with Gasteiger partial charge in [0.25, 0.3) is 5.91 Å². The van der Waals surface area contributed by atoms with E-state index in [1.165, 1.54) is 11.8 Å². The van der Waals surface area contributed by atoms with Crippen molar-refractivity contribution in [3.8, 4) is 5.75 Å². The molecule has 2 aliphatic rings. The standard InChI is InChI=1S/C17H18N2O3S/c1-21-14-7-3-2-5-13(14)6-4-8-15-16(20)18-17(23-15)19-9-11-22-12-10-19/h2-8H,9-12H2,1H3/b6-4+,15-8+. The molecule has 3 rings (SSSR count). The predicted octanol–water partition coefficient (Wildman–Crippen LogP) is 2.55. The molecule has 0 aromatic heterocycles. The van der Waals surface area contributed by atoms with Gasteiger partial charge >= 0.3 is 0 Å². The first-order valence-corrected chi connectivity index (χ1v) is 8.24. The number of ether oxygens (including phenoxy) is 2. The summed E-state index contributed by atoms with van der Waals surface area (Å²) in [5.74, 6) is 0.624. The molecule has 6 heteroatoms. The van der Waals surface area contributed by atoms with E-state index >= 15 is 0 Å². The Morgan fingerprint density at radius 1 is 1.30 bits per heavy atom. The minimum absolute atomic E-state index is 0.179. The van der Waals surface area contributed by atoms with Crippen molar-refractivity contribution in [1.82, 2.24) is 4.90 Å². The zero-order valence-corrected chi connectivity index (χ0v) is 13.7. The number of thioether (sulfide) groups is 1. The number of amidine groups is 1. The Morgan fingerprint density at radius 2 is 2.09 bits per heavy atom. The van der Waals surface area contributed by atoms with Crippen molar-refractivity contribution < 1.29 is 14.3 Å². The van der Waals surface area contributed by atoms with Gasteiger partial charge in [-0.2, -0.15) is 4.99 Å². The maximum absolute atomic E-state index is 12.0. The third-order valence-electron chi connectivity index (χ3n) is 3.55. The minimum Gasteiger partial charge on any atom is -0.496 e. The number of benzene rings is 1. The molecule has 0 N–H and O–H groups in total. The molecule has 1 aromatic rings. The highest BCUT2D eigenvalue weighted by Gasteiger charge is 2.26. The third kappa shape index (κ3) is 3.83. The van der Waals surface area contributed by atoms with Crippen LogP contribution in [0.2, 0.25) is 0 Å². The number of amides is 1. The lowest BCUT2D eigenvalue weighted by molar-refractivity contribution is -0.113. The first-order chi connectivity index (χ1) is 11.3. The largest absolute Gasteiger partial charge is 0.496 e. The first-order valence-electron chi connectivity index (χ1n) is 7.43. The maximum atomic E-state index is 12.0. The zero-order valence-electron chi connectivity index (χ0n) is 12.9. The number of nitrogens with zero attached hydrogens (tertiary/aromatic N) is 2. The molecule has 23 heavy (non-hydrogen) atoms. The van der Waals surface area contributed by atoms with Gasteiger partial charge in [-0.15, -0.1) is 0 Å². The van der Waals surface area contributed by atoms with Gasteiger partial charge in [0.2, 0.25) is 0 Å². The zero-order chi connectivity index (χ0) is 16.1. The van der Waals surface area contributed by atoms with E-state index in [0.29, 0.717) is 18.1 Å². The molecule has 2 heterocycles. The molecule has 0 spiro atoms. The molecule has 1 amide bonds. The average Bonchev–Trinajstić information content (AvgIpc) is 2.97. The summed E-state index contributed by atoms with van der Waals surface area (Å²) in [7, 11) is 1.64. The number of hydrogen-bond donors (Lipinski definition) is 0. The van der Waals surface area contributed by atoms with Crippen LogP contribution in [-0.2, 0) is 9.53 Å². The molecular formula is C17H18N2O3S. The van der Waals surface area contributed by atoms with Crippen molar-refractivity contribution in [2.75, 3.05) is 33.4 Å². The number of carbonyl (C=O) groups excluding carboxylic acids is 1. The second-order valence-corrected chi connectivity index (χ2v) is 6.04. The number of aliphatic imine (C=N–C) groups is 1. The van der Waals surface area contributed by atoms with Crippen molar-refractivity contribution in [2.24, 2.45) is 4.99 Å². The van der Waals surface area contributed by atoms with E-state index in [0.717, 1.165) is 29.6 Å². The summed E-state index contributed by atoms with van der Waals surface area (Å²) >= 11 is 1.42. The topological polar surface area (TPSA) is 51.1 Å². The number of morpholine rings is 1. The van der Waals surface area contributed by atoms with Gasteiger partial charge in [0, 0.05) is 18.7 Å². The van der Waals surface area contributed by atoms with E-state index in [-0.39, 0.29) is 5.91 Å². The number of methoxy groups -OCH3 is 1. The lowest BCUT2D eigenvalue weighted by Crippen LogP contribution is -2.38. The highest BCUT2D eigenvalue weighted by Crippen LogP contribution is 2.29. The Hall–Kier alpha value is -2.05. The van der Waals surface area contributed by atoms with E-state index in [1.54, 1.807) is 13.2 Å². The summed E-state index contributed by atoms with van der Waals surface area (Å²) in [6.45, 7) is 2.92. The summed E-state index contributed by atoms with van der Waals surface area (Å²) in [4.78, 5) is 18.9. The first kappa shape index (κ1) is 15.8. The normalized spacial score (nSPS) is 20.4. The molecule has 0 radical (unpaired) electrons. The average molecular weight is 330 g/mol. The molecule has 1 aromatic carbocycles. The van der Waals surface area contributed by atoms with Gasteiger partial charge in [-0.05, 0) is 23.9 Å². The molecule has 1 fully saturated rings. The molecule has 0 aliphatic carbocycles. The van der Waals surface area contributed by atoms with Crippen LogP contribution in [-0.4, -0.2) is 49.4 Å². The van der Waals surface area contributed by atoms with Gasteiger partial charge in [-0.25, -0.2) is 0 Å². The van der Waals surface area contributed by atoms with Crippen molar-refractivity contribution in [3.05, 3.63) is 46.9 Å². The van der Waals surface area contributed by atoms with Crippen LogP contribution < -0.4 is 4.74 Å². The maximum Gasteiger partial charge on any atom is 0.286 e. The molecule has 1 saturated heterocycles. The van der Waals surface area contributed by atoms with Crippen LogP contribution in [0.4, 0.5) is 0 Å². The van der Waals surface area contributed by atoms with Crippen LogP contribution in [0.1, 0.15) is 5.56 Å². The fourth-order valence-electron chi connectivity index (χ4n) is 2.35. The number of carbonyl (C=O) groups is 1. The molecule has 5 nitrogen and oxygen atoms in total. The van der Waals surface area contributed by atoms with Crippen LogP contribution in [0.5, 0.6) is 5.75 Å². The lowest BCUT2D eigenvalue weighted by atomic mass is 10.2. The van der Waals surface area contributed by atoms with Gasteiger partial charge in [-0.1, -0.05) is 30.4 Å². The molecule has 2 aliphatic heterocycles. The molecule has 0 atom stereocenters. The third-order valence-corrected chi connectivity index (χ3v) is 4.62. The minimum atomic E-state index is -0.179. The Morgan fingerprint density at radius 3 is 2.87 bits per heavy atom. The fraction of sp³-hybridized carbons (Fsp3) is 0.294. The smallest absolute Gasteiger partial charge is 0.286 e. The van der Waals surface area contributed by atoms with E-state index in [4.69, 9.17) is 9.47 Å². The number of allylic oxidation sites excluding steroid dienone is 2. The molecule has 120 valence electrons. The summed E-state index contributed by atoms with van der Waals surface area (Å²) in [6, 6.07) is 7.74. The summed E-state index contributed by atoms with van der Waals surface area (Å²) in [5.41, 5.74) is 0.969. The molecule has 0 bridgehead atoms. The predicted molar refractivity (Wildman–Crippen MR) is 92.5 cm³/mol. The molecule has 0 unspecified atom stereocenters. The quantitative estimate of drug-likeness (QED) is 0.797. The lowest BCUT2D eigenvalue weighted by Gasteiger charge is -2.27. The van der Waals surface area contributed by atoms with Crippen molar-refractivity contribution in [3.63, 3.8) is 0 Å². The number of hydrogen-bond acceptors (Lipinski definition) is 5. The summed E-state index contributed by atoms with van der Waals surface area (Å²) in [6.07, 6.45) is 5.58. The Bertz CT molecular complexity index is 676. The van der Waals surface area contributed by atoms with Crippen LogP contribution in [0.3, 0.4) is 0 Å². The Balaban J connectivity index is 1.67. The van der Waals surface area contributed by atoms with Crippen molar-refractivity contribution >= 4 is 28.9 Å². The fourth-order valence-corrected chi connectivity index (χ4v) is 3.26. The molecule has 0 saturated carbocycles. The van der Waals surface area contributed by atoms with E-state index in [9.17, 15) is 4.79 Å². The number of para-hydroxylation sites is 1. The van der Waals surface area contributed by atoms with Crippen LogP contribution in [0.15, 0.2) is 46.3 Å². The van der Waals surface area contributed by atoms with E-state index < -0.39 is 0 Å². The summed E-state index contributed by atoms with van der Waals surface area (Å²) < 4.78 is 10.6. The van der Waals surface area contributed by atoms with Gasteiger partial charge in [0.15, 0.2) is 5.17 Å². The van der Waals surface area contributed by atoms with Crippen molar-refractivity contribution in [2.45, 2.75) is 0 Å². The van der Waals surface area contributed by atoms with E-state index in [2.05, 4.69) is 9.89 Å². The monoisotopic (exact) mass is 330 g/mol. The van der Waals surface area contributed by atoms with Crippen LogP contribution in [0, 0.1) is 0 Å². The Kier molecular flexibility index (Phi) is 5.15. The van der Waals surface area contributed by atoms with Gasteiger partial charge in [-0.3, -0.25) is 4.79 Å². The summed E-state index contributed by atoms with van der Waals surface area (Å²) in [5, 5.41) is 0.773. The molecular weight excluding hydrogens is 312 g/mol. The van der Waals surface area contributed by atoms with Crippen LogP contribution in [0.25, 0.3) is 6.08 Å². The number of rotatable bonds is 3. The second-order valence-electron chi connectivity index (χ2n) is 5.03. The van der Waals surface area contributed by atoms with Gasteiger partial charge < -0.3 is 14.4 Å². The highest BCUT2D eigenvalue weighted by atomic mass is 32.2. The second kappa shape index (κ2) is 7.48. The van der Waals surface area contributed by atoms with E-state index in [1.807, 2.05) is 36.4 Å². The SMILES string of the molecule is COc1ccccc1/C=C/C=C1/SC(N2CCOCC2)=NC1=O. The van der Waals surface area contributed by atoms with Gasteiger partial charge in [0.05, 0.1) is 25.2 Å². The Labute approximate surface area is 139 Å².